The molecular weight excluding hydrogens is 210 g/mol. The standard InChI is InChI=1S/C12H14ClNO/c1-3-8-10(4-2)15-11-5-6-14-9(7-13)12(8)11/h5-6H,3-4,7H2,1-2H3. The van der Waals surface area contributed by atoms with Gasteiger partial charge in [-0.1, -0.05) is 13.8 Å². The van der Waals surface area contributed by atoms with Crippen LogP contribution in [0, 0.1) is 0 Å². The molecule has 15 heavy (non-hydrogen) atoms. The Hall–Kier alpha value is -1.02. The van der Waals surface area contributed by atoms with Crippen LogP contribution in [0.3, 0.4) is 0 Å². The molecule has 0 radical (unpaired) electrons. The molecule has 2 rings (SSSR count). The van der Waals surface area contributed by atoms with E-state index >= 15 is 0 Å². The molecule has 0 aliphatic heterocycles. The topological polar surface area (TPSA) is 26.0 Å². The molecule has 0 saturated heterocycles. The number of pyridine rings is 1. The van der Waals surface area contributed by atoms with Crippen molar-refractivity contribution < 1.29 is 4.42 Å². The van der Waals surface area contributed by atoms with E-state index in [0.717, 1.165) is 35.3 Å². The lowest BCUT2D eigenvalue weighted by Gasteiger charge is -1.99. The highest BCUT2D eigenvalue weighted by atomic mass is 35.5. The number of alkyl halides is 1. The predicted molar refractivity (Wildman–Crippen MR) is 62.3 cm³/mol. The number of halogens is 1. The lowest BCUT2D eigenvalue weighted by Crippen LogP contribution is -1.90. The smallest absolute Gasteiger partial charge is 0.137 e. The molecule has 2 heterocycles. The molecular formula is C12H14ClNO. The van der Waals surface area contributed by atoms with Gasteiger partial charge in [-0.15, -0.1) is 11.6 Å². The van der Waals surface area contributed by atoms with E-state index < -0.39 is 0 Å². The fraction of sp³-hybridized carbons (Fsp3) is 0.417. The molecule has 0 amide bonds. The highest BCUT2D eigenvalue weighted by Gasteiger charge is 2.14. The van der Waals surface area contributed by atoms with Crippen molar-refractivity contribution in [1.29, 1.82) is 0 Å². The minimum atomic E-state index is 0.438. The van der Waals surface area contributed by atoms with Gasteiger partial charge in [0.2, 0.25) is 0 Å². The Labute approximate surface area is 94.3 Å². The zero-order chi connectivity index (χ0) is 10.8. The van der Waals surface area contributed by atoms with Crippen molar-refractivity contribution in [2.24, 2.45) is 0 Å². The first-order chi connectivity index (χ1) is 7.31. The molecule has 2 nitrogen and oxygen atoms in total. The average Bonchev–Trinajstić information content (AvgIpc) is 2.66. The molecule has 3 heteroatoms. The van der Waals surface area contributed by atoms with Gasteiger partial charge >= 0.3 is 0 Å². The van der Waals surface area contributed by atoms with E-state index in [0.29, 0.717) is 5.88 Å². The van der Waals surface area contributed by atoms with Gasteiger partial charge in [0.15, 0.2) is 0 Å². The SMILES string of the molecule is CCc1oc2ccnc(CCl)c2c1CC. The van der Waals surface area contributed by atoms with Crippen LogP contribution in [-0.4, -0.2) is 4.98 Å². The number of nitrogens with zero attached hydrogens (tertiary/aromatic N) is 1. The van der Waals surface area contributed by atoms with Gasteiger partial charge in [-0.05, 0) is 12.5 Å². The summed E-state index contributed by atoms with van der Waals surface area (Å²) in [5, 5.41) is 1.12. The van der Waals surface area contributed by atoms with Gasteiger partial charge in [-0.25, -0.2) is 0 Å². The number of furan rings is 1. The number of aryl methyl sites for hydroxylation is 2. The molecule has 0 bridgehead atoms. The van der Waals surface area contributed by atoms with Crippen molar-refractivity contribution >= 4 is 22.6 Å². The van der Waals surface area contributed by atoms with E-state index in [-0.39, 0.29) is 0 Å². The summed E-state index contributed by atoms with van der Waals surface area (Å²) in [6.45, 7) is 4.24. The van der Waals surface area contributed by atoms with Gasteiger partial charge in [0, 0.05) is 23.6 Å². The maximum Gasteiger partial charge on any atom is 0.137 e. The van der Waals surface area contributed by atoms with Crippen LogP contribution in [0.5, 0.6) is 0 Å². The highest BCUT2D eigenvalue weighted by molar-refractivity contribution is 6.17. The van der Waals surface area contributed by atoms with E-state index in [1.807, 2.05) is 6.07 Å². The van der Waals surface area contributed by atoms with E-state index in [4.69, 9.17) is 16.0 Å². The summed E-state index contributed by atoms with van der Waals surface area (Å²) >= 11 is 5.88. The summed E-state index contributed by atoms with van der Waals surface area (Å²) in [6, 6.07) is 1.91. The quantitative estimate of drug-likeness (QED) is 0.742. The molecule has 0 unspecified atom stereocenters. The zero-order valence-electron chi connectivity index (χ0n) is 9.01. The van der Waals surface area contributed by atoms with Crippen LogP contribution in [0.4, 0.5) is 0 Å². The normalized spacial score (nSPS) is 11.1. The minimum Gasteiger partial charge on any atom is -0.461 e. The Morgan fingerprint density at radius 1 is 1.33 bits per heavy atom. The summed E-state index contributed by atoms with van der Waals surface area (Å²) in [7, 11) is 0. The van der Waals surface area contributed by atoms with E-state index in [2.05, 4.69) is 18.8 Å². The van der Waals surface area contributed by atoms with Crippen LogP contribution in [0.1, 0.15) is 30.9 Å². The Morgan fingerprint density at radius 3 is 2.73 bits per heavy atom. The molecule has 0 aromatic carbocycles. The first-order valence-electron chi connectivity index (χ1n) is 5.25. The first-order valence-corrected chi connectivity index (χ1v) is 5.79. The molecule has 0 spiro atoms. The molecule has 0 saturated carbocycles. The van der Waals surface area contributed by atoms with Crippen molar-refractivity contribution in [1.82, 2.24) is 4.98 Å². The third-order valence-corrected chi connectivity index (χ3v) is 2.92. The third kappa shape index (κ3) is 1.63. The second-order valence-corrected chi connectivity index (χ2v) is 3.74. The molecule has 2 aromatic rings. The van der Waals surface area contributed by atoms with Crippen molar-refractivity contribution in [2.75, 3.05) is 0 Å². The molecule has 0 fully saturated rings. The summed E-state index contributed by atoms with van der Waals surface area (Å²) in [6.07, 6.45) is 3.63. The second-order valence-electron chi connectivity index (χ2n) is 3.48. The van der Waals surface area contributed by atoms with E-state index in [1.165, 1.54) is 5.56 Å². The molecule has 0 aliphatic carbocycles. The Balaban J connectivity index is 2.78. The van der Waals surface area contributed by atoms with Gasteiger partial charge in [0.05, 0.1) is 11.6 Å². The molecule has 0 atom stereocenters. The monoisotopic (exact) mass is 223 g/mol. The van der Waals surface area contributed by atoms with Crippen molar-refractivity contribution in [3.8, 4) is 0 Å². The van der Waals surface area contributed by atoms with Gasteiger partial charge in [-0.3, -0.25) is 4.98 Å². The van der Waals surface area contributed by atoms with Crippen molar-refractivity contribution in [3.63, 3.8) is 0 Å². The van der Waals surface area contributed by atoms with Crippen LogP contribution < -0.4 is 0 Å². The maximum atomic E-state index is 5.88. The van der Waals surface area contributed by atoms with Gasteiger partial charge in [0.25, 0.3) is 0 Å². The van der Waals surface area contributed by atoms with Gasteiger partial charge < -0.3 is 4.42 Å². The van der Waals surface area contributed by atoms with Crippen LogP contribution in [0.15, 0.2) is 16.7 Å². The minimum absolute atomic E-state index is 0.438. The van der Waals surface area contributed by atoms with Crippen LogP contribution in [0.25, 0.3) is 11.0 Å². The van der Waals surface area contributed by atoms with E-state index in [9.17, 15) is 0 Å². The number of rotatable bonds is 3. The summed E-state index contributed by atoms with van der Waals surface area (Å²) in [5.41, 5.74) is 3.10. The first kappa shape index (κ1) is 10.5. The van der Waals surface area contributed by atoms with Crippen LogP contribution in [-0.2, 0) is 18.7 Å². The number of hydrogen-bond donors (Lipinski definition) is 0. The van der Waals surface area contributed by atoms with Gasteiger partial charge in [-0.2, -0.15) is 0 Å². The van der Waals surface area contributed by atoms with Crippen molar-refractivity contribution in [3.05, 3.63) is 29.3 Å². The third-order valence-electron chi connectivity index (χ3n) is 2.66. The molecule has 0 N–H and O–H groups in total. The largest absolute Gasteiger partial charge is 0.461 e. The summed E-state index contributed by atoms with van der Waals surface area (Å²) < 4.78 is 5.78. The molecule has 2 aromatic heterocycles. The molecule has 0 aliphatic rings. The average molecular weight is 224 g/mol. The predicted octanol–water partition coefficient (Wildman–Crippen LogP) is 3.69. The Kier molecular flexibility index (Phi) is 2.96. The Bertz CT molecular complexity index is 476. The maximum absolute atomic E-state index is 5.88. The summed E-state index contributed by atoms with van der Waals surface area (Å²) in [5.74, 6) is 1.50. The van der Waals surface area contributed by atoms with Crippen LogP contribution >= 0.6 is 11.6 Å². The lowest BCUT2D eigenvalue weighted by molar-refractivity contribution is 0.550. The fourth-order valence-corrected chi connectivity index (χ4v) is 2.19. The Morgan fingerprint density at radius 2 is 2.13 bits per heavy atom. The van der Waals surface area contributed by atoms with Gasteiger partial charge in [0.1, 0.15) is 11.3 Å². The molecule has 80 valence electrons. The highest BCUT2D eigenvalue weighted by Crippen LogP contribution is 2.29. The number of fused-ring (bicyclic) bond motifs is 1. The fourth-order valence-electron chi connectivity index (χ4n) is 1.99. The number of hydrogen-bond acceptors (Lipinski definition) is 2. The zero-order valence-corrected chi connectivity index (χ0v) is 9.77. The van der Waals surface area contributed by atoms with E-state index in [1.54, 1.807) is 6.20 Å². The van der Waals surface area contributed by atoms with Crippen LogP contribution in [0.2, 0.25) is 0 Å². The summed E-state index contributed by atoms with van der Waals surface area (Å²) in [4.78, 5) is 4.29. The number of aromatic nitrogens is 1. The van der Waals surface area contributed by atoms with Crippen molar-refractivity contribution in [2.45, 2.75) is 32.6 Å². The second kappa shape index (κ2) is 4.23. The lowest BCUT2D eigenvalue weighted by atomic mass is 10.1.